The van der Waals surface area contributed by atoms with Crippen molar-refractivity contribution >= 4 is 44.3 Å². The summed E-state index contributed by atoms with van der Waals surface area (Å²) in [4.78, 5) is 17.8. The number of carbonyl (C=O) groups is 1. The van der Waals surface area contributed by atoms with Crippen molar-refractivity contribution in [1.29, 1.82) is 0 Å². The van der Waals surface area contributed by atoms with E-state index in [1.807, 2.05) is 74.5 Å². The van der Waals surface area contributed by atoms with E-state index in [1.54, 1.807) is 12.1 Å². The Morgan fingerprint density at radius 3 is 2.39 bits per heavy atom. The summed E-state index contributed by atoms with van der Waals surface area (Å²) in [5.41, 5.74) is 3.64. The predicted octanol–water partition coefficient (Wildman–Crippen LogP) is 5.57. The number of aromatic nitrogens is 1. The fourth-order valence-electron chi connectivity index (χ4n) is 3.84. The maximum atomic E-state index is 13.0. The van der Waals surface area contributed by atoms with Crippen LogP contribution in [0.25, 0.3) is 10.9 Å². The number of nitrogens with one attached hydrogen (secondary N) is 2. The lowest BCUT2D eigenvalue weighted by molar-refractivity contribution is -0.115. The number of pyridine rings is 1. The summed E-state index contributed by atoms with van der Waals surface area (Å²) in [5.74, 6) is -0.147. The van der Waals surface area contributed by atoms with Gasteiger partial charge in [-0.3, -0.25) is 4.79 Å². The molecule has 6 nitrogen and oxygen atoms in total. The van der Waals surface area contributed by atoms with Gasteiger partial charge in [0.15, 0.2) is 0 Å². The molecule has 2 N–H and O–H groups in total. The minimum absolute atomic E-state index is 0.147. The number of hydrogen-bond acceptors (Lipinski definition) is 5. The lowest BCUT2D eigenvalue weighted by Gasteiger charge is -2.15. The van der Waals surface area contributed by atoms with Crippen molar-refractivity contribution in [2.45, 2.75) is 41.9 Å². The first kappa shape index (κ1) is 25.9. The Kier molecular flexibility index (Phi) is 8.40. The Morgan fingerprint density at radius 2 is 1.67 bits per heavy atom. The topological polar surface area (TPSA) is 88.2 Å². The molecule has 0 radical (unpaired) electrons. The molecular formula is C28H29N3O3S2. The van der Waals surface area contributed by atoms with Gasteiger partial charge in [-0.05, 0) is 67.3 Å². The molecule has 0 spiro atoms. The Bertz CT molecular complexity index is 1440. The summed E-state index contributed by atoms with van der Waals surface area (Å²) in [7, 11) is -3.63. The van der Waals surface area contributed by atoms with Gasteiger partial charge in [0.1, 0.15) is 0 Å². The van der Waals surface area contributed by atoms with Crippen LogP contribution in [0.4, 0.5) is 5.69 Å². The molecule has 0 aliphatic rings. The standard InChI is InChI=1S/C28H29N3O3S2/c1-3-26(35-27-19-20(2)24-11-7-8-12-25(24)31-27)28(32)30-22-13-15-23(16-14-22)36(33,34)29-18-17-21-9-5-4-6-10-21/h4-16,19,26,29H,3,17-18H2,1-2H3,(H,30,32). The maximum Gasteiger partial charge on any atom is 0.240 e. The van der Waals surface area contributed by atoms with Gasteiger partial charge in [-0.15, -0.1) is 0 Å². The summed E-state index contributed by atoms with van der Waals surface area (Å²) < 4.78 is 27.9. The second-order valence-electron chi connectivity index (χ2n) is 8.46. The zero-order valence-electron chi connectivity index (χ0n) is 20.3. The fraction of sp³-hybridized carbons (Fsp3) is 0.214. The third-order valence-corrected chi connectivity index (χ3v) is 8.57. The smallest absolute Gasteiger partial charge is 0.240 e. The van der Waals surface area contributed by atoms with Crippen molar-refractivity contribution in [3.05, 3.63) is 96.1 Å². The Hall–Kier alpha value is -3.20. The number of carbonyl (C=O) groups excluding carboxylic acids is 1. The van der Waals surface area contributed by atoms with E-state index in [-0.39, 0.29) is 16.1 Å². The second kappa shape index (κ2) is 11.7. The van der Waals surface area contributed by atoms with Crippen molar-refractivity contribution < 1.29 is 13.2 Å². The normalized spacial score (nSPS) is 12.4. The lowest BCUT2D eigenvalue weighted by atomic mass is 10.1. The van der Waals surface area contributed by atoms with Crippen LogP contribution in [-0.4, -0.2) is 31.1 Å². The van der Waals surface area contributed by atoms with Crippen LogP contribution >= 0.6 is 11.8 Å². The lowest BCUT2D eigenvalue weighted by Crippen LogP contribution is -2.26. The Labute approximate surface area is 216 Å². The fourth-order valence-corrected chi connectivity index (χ4v) is 5.90. The van der Waals surface area contributed by atoms with Crippen molar-refractivity contribution in [2.75, 3.05) is 11.9 Å². The van der Waals surface area contributed by atoms with E-state index in [2.05, 4.69) is 10.0 Å². The van der Waals surface area contributed by atoms with Crippen LogP contribution in [-0.2, 0) is 21.2 Å². The molecule has 1 aromatic heterocycles. The van der Waals surface area contributed by atoms with E-state index in [4.69, 9.17) is 4.98 Å². The van der Waals surface area contributed by atoms with Crippen LogP contribution in [0.15, 0.2) is 94.9 Å². The van der Waals surface area contributed by atoms with Gasteiger partial charge in [0.2, 0.25) is 15.9 Å². The molecule has 1 amide bonds. The highest BCUT2D eigenvalue weighted by atomic mass is 32.2. The summed E-state index contributed by atoms with van der Waals surface area (Å²) in [5, 5.41) is 4.48. The molecule has 0 saturated carbocycles. The van der Waals surface area contributed by atoms with Gasteiger partial charge in [-0.2, -0.15) is 0 Å². The number of aryl methyl sites for hydroxylation is 1. The monoisotopic (exact) mass is 519 g/mol. The molecule has 0 bridgehead atoms. The highest BCUT2D eigenvalue weighted by Gasteiger charge is 2.20. The number of benzene rings is 3. The van der Waals surface area contributed by atoms with Crippen LogP contribution in [0.3, 0.4) is 0 Å². The Morgan fingerprint density at radius 1 is 0.972 bits per heavy atom. The van der Waals surface area contributed by atoms with Crippen LogP contribution in [0, 0.1) is 6.92 Å². The largest absolute Gasteiger partial charge is 0.325 e. The van der Waals surface area contributed by atoms with Crippen LogP contribution < -0.4 is 10.0 Å². The van der Waals surface area contributed by atoms with Gasteiger partial charge < -0.3 is 5.32 Å². The van der Waals surface area contributed by atoms with Crippen LogP contribution in [0.1, 0.15) is 24.5 Å². The average Bonchev–Trinajstić information content (AvgIpc) is 2.88. The highest BCUT2D eigenvalue weighted by molar-refractivity contribution is 8.00. The first-order valence-electron chi connectivity index (χ1n) is 11.8. The molecule has 0 aliphatic heterocycles. The molecule has 8 heteroatoms. The van der Waals surface area contributed by atoms with Gasteiger partial charge in [0.05, 0.1) is 20.7 Å². The quantitative estimate of drug-likeness (QED) is 0.267. The predicted molar refractivity (Wildman–Crippen MR) is 147 cm³/mol. The minimum atomic E-state index is -3.63. The number of amides is 1. The molecule has 36 heavy (non-hydrogen) atoms. The summed E-state index contributed by atoms with van der Waals surface area (Å²) >= 11 is 1.43. The first-order valence-corrected chi connectivity index (χ1v) is 14.2. The molecule has 4 rings (SSSR count). The number of hydrogen-bond donors (Lipinski definition) is 2. The number of fused-ring (bicyclic) bond motifs is 1. The van der Waals surface area contributed by atoms with Gasteiger partial charge in [0, 0.05) is 17.6 Å². The molecule has 186 valence electrons. The van der Waals surface area contributed by atoms with Crippen LogP contribution in [0.5, 0.6) is 0 Å². The number of thioether (sulfide) groups is 1. The van der Waals surface area contributed by atoms with E-state index in [0.29, 0.717) is 25.1 Å². The number of anilines is 1. The van der Waals surface area contributed by atoms with Crippen molar-refractivity contribution in [1.82, 2.24) is 9.71 Å². The van der Waals surface area contributed by atoms with E-state index in [9.17, 15) is 13.2 Å². The molecule has 1 unspecified atom stereocenters. The molecular weight excluding hydrogens is 490 g/mol. The van der Waals surface area contributed by atoms with E-state index >= 15 is 0 Å². The zero-order valence-corrected chi connectivity index (χ0v) is 21.9. The minimum Gasteiger partial charge on any atom is -0.325 e. The molecule has 1 heterocycles. The summed E-state index contributed by atoms with van der Waals surface area (Å²) in [6.45, 7) is 4.31. The maximum absolute atomic E-state index is 13.0. The molecule has 3 aromatic carbocycles. The number of para-hydroxylation sites is 1. The van der Waals surface area contributed by atoms with E-state index in [0.717, 1.165) is 27.1 Å². The van der Waals surface area contributed by atoms with Gasteiger partial charge in [-0.1, -0.05) is 67.2 Å². The molecule has 1 atom stereocenters. The van der Waals surface area contributed by atoms with Gasteiger partial charge >= 0.3 is 0 Å². The second-order valence-corrected chi connectivity index (χ2v) is 11.4. The van der Waals surface area contributed by atoms with Gasteiger partial charge in [0.25, 0.3) is 0 Å². The van der Waals surface area contributed by atoms with E-state index < -0.39 is 10.0 Å². The number of nitrogens with zero attached hydrogens (tertiary/aromatic N) is 1. The number of rotatable bonds is 10. The zero-order chi connectivity index (χ0) is 25.5. The molecule has 0 aliphatic carbocycles. The molecule has 0 saturated heterocycles. The third kappa shape index (κ3) is 6.51. The highest BCUT2D eigenvalue weighted by Crippen LogP contribution is 2.29. The average molecular weight is 520 g/mol. The summed E-state index contributed by atoms with van der Waals surface area (Å²) in [6, 6.07) is 25.9. The SMILES string of the molecule is CCC(Sc1cc(C)c2ccccc2n1)C(=O)Nc1ccc(S(=O)(=O)NCCc2ccccc2)cc1. The van der Waals surface area contributed by atoms with Crippen molar-refractivity contribution in [3.63, 3.8) is 0 Å². The van der Waals surface area contributed by atoms with Crippen molar-refractivity contribution in [2.24, 2.45) is 0 Å². The van der Waals surface area contributed by atoms with E-state index in [1.165, 1.54) is 23.9 Å². The first-order chi connectivity index (χ1) is 17.4. The Balaban J connectivity index is 1.37. The van der Waals surface area contributed by atoms with Crippen LogP contribution in [0.2, 0.25) is 0 Å². The molecule has 0 fully saturated rings. The van der Waals surface area contributed by atoms with Crippen molar-refractivity contribution in [3.8, 4) is 0 Å². The molecule has 4 aromatic rings. The van der Waals surface area contributed by atoms with Gasteiger partial charge in [-0.25, -0.2) is 18.1 Å². The summed E-state index contributed by atoms with van der Waals surface area (Å²) in [6.07, 6.45) is 1.23. The number of sulfonamides is 1. The third-order valence-electron chi connectivity index (χ3n) is 5.81.